The minimum Gasteiger partial charge on any atom is -0.438 e. The number of carbonyl (C=O) groups is 1. The van der Waals surface area contributed by atoms with Crippen molar-refractivity contribution in [1.29, 1.82) is 0 Å². The van der Waals surface area contributed by atoms with Gasteiger partial charge in [-0.3, -0.25) is 0 Å². The SMILES string of the molecule is C#CC(C)(OC(=O)c1ccc([S+](c2ccccc2)c2ccccc2)cc1)c1cc(F)c(F)c(F)c1. The Balaban J connectivity index is 1.62. The molecule has 0 aliphatic heterocycles. The van der Waals surface area contributed by atoms with Crippen LogP contribution in [-0.2, 0) is 21.2 Å². The lowest BCUT2D eigenvalue weighted by Gasteiger charge is -2.24. The van der Waals surface area contributed by atoms with Gasteiger partial charge in [-0.15, -0.1) is 6.42 Å². The third kappa shape index (κ3) is 5.11. The zero-order valence-corrected chi connectivity index (χ0v) is 19.5. The average molecular weight is 490 g/mol. The summed E-state index contributed by atoms with van der Waals surface area (Å²) in [4.78, 5) is 16.1. The van der Waals surface area contributed by atoms with Gasteiger partial charge in [-0.25, -0.2) is 18.0 Å². The molecule has 4 rings (SSSR count). The van der Waals surface area contributed by atoms with Gasteiger partial charge in [-0.2, -0.15) is 0 Å². The van der Waals surface area contributed by atoms with Crippen LogP contribution in [-0.4, -0.2) is 5.97 Å². The fourth-order valence-corrected chi connectivity index (χ4v) is 5.58. The molecule has 0 saturated carbocycles. The third-order valence-corrected chi connectivity index (χ3v) is 7.62. The molecule has 0 heterocycles. The summed E-state index contributed by atoms with van der Waals surface area (Å²) in [5.74, 6) is -3.00. The fraction of sp³-hybridized carbons (Fsp3) is 0.0690. The molecule has 0 aromatic heterocycles. The second kappa shape index (κ2) is 10.1. The van der Waals surface area contributed by atoms with Gasteiger partial charge in [0.15, 0.2) is 37.7 Å². The third-order valence-electron chi connectivity index (χ3n) is 5.39. The van der Waals surface area contributed by atoms with E-state index >= 15 is 0 Å². The van der Waals surface area contributed by atoms with Crippen molar-refractivity contribution in [1.82, 2.24) is 0 Å². The van der Waals surface area contributed by atoms with Crippen LogP contribution >= 0.6 is 0 Å². The molecule has 0 aliphatic rings. The zero-order chi connectivity index (χ0) is 25.0. The summed E-state index contributed by atoms with van der Waals surface area (Å²) in [5.41, 5.74) is -1.78. The molecule has 0 saturated heterocycles. The van der Waals surface area contributed by atoms with E-state index in [0.717, 1.165) is 26.8 Å². The molecule has 0 fully saturated rings. The topological polar surface area (TPSA) is 26.3 Å². The van der Waals surface area contributed by atoms with Gasteiger partial charge in [0.1, 0.15) is 0 Å². The molecule has 0 N–H and O–H groups in total. The first-order chi connectivity index (χ1) is 16.8. The van der Waals surface area contributed by atoms with Crippen molar-refractivity contribution in [3.63, 3.8) is 0 Å². The van der Waals surface area contributed by atoms with Gasteiger partial charge in [0.2, 0.25) is 0 Å². The van der Waals surface area contributed by atoms with Crippen LogP contribution in [0.3, 0.4) is 0 Å². The van der Waals surface area contributed by atoms with Crippen LogP contribution in [0.4, 0.5) is 13.2 Å². The summed E-state index contributed by atoms with van der Waals surface area (Å²) in [6, 6.07) is 28.4. The highest BCUT2D eigenvalue weighted by atomic mass is 32.2. The Morgan fingerprint density at radius 3 is 1.71 bits per heavy atom. The van der Waals surface area contributed by atoms with E-state index in [1.54, 1.807) is 12.1 Å². The summed E-state index contributed by atoms with van der Waals surface area (Å²) < 4.78 is 46.3. The van der Waals surface area contributed by atoms with E-state index in [1.807, 2.05) is 48.5 Å². The molecule has 0 aliphatic carbocycles. The predicted octanol–water partition coefficient (Wildman–Crippen LogP) is 6.90. The summed E-state index contributed by atoms with van der Waals surface area (Å²) in [6.45, 7) is 1.31. The number of ether oxygens (including phenoxy) is 1. The maximum Gasteiger partial charge on any atom is 0.339 e. The van der Waals surface area contributed by atoms with Crippen molar-refractivity contribution in [2.75, 3.05) is 0 Å². The van der Waals surface area contributed by atoms with Gasteiger partial charge >= 0.3 is 5.97 Å². The lowest BCUT2D eigenvalue weighted by molar-refractivity contribution is 0.0126. The van der Waals surface area contributed by atoms with E-state index in [-0.39, 0.29) is 11.1 Å². The van der Waals surface area contributed by atoms with Crippen LogP contribution in [0.1, 0.15) is 22.8 Å². The molecular weight excluding hydrogens is 469 g/mol. The number of carbonyl (C=O) groups excluding carboxylic acids is 1. The van der Waals surface area contributed by atoms with E-state index in [0.29, 0.717) is 0 Å². The van der Waals surface area contributed by atoms with Gasteiger partial charge in [0, 0.05) is 5.56 Å². The van der Waals surface area contributed by atoms with Crippen molar-refractivity contribution in [2.24, 2.45) is 0 Å². The van der Waals surface area contributed by atoms with Gasteiger partial charge in [-0.05, 0) is 67.6 Å². The van der Waals surface area contributed by atoms with E-state index in [9.17, 15) is 18.0 Å². The number of rotatable bonds is 6. The highest BCUT2D eigenvalue weighted by molar-refractivity contribution is 7.97. The molecule has 35 heavy (non-hydrogen) atoms. The van der Waals surface area contributed by atoms with Gasteiger partial charge in [0.25, 0.3) is 0 Å². The maximum atomic E-state index is 13.7. The molecule has 0 radical (unpaired) electrons. The molecule has 1 atom stereocenters. The summed E-state index contributed by atoms with van der Waals surface area (Å²) in [7, 11) is -0.397. The number of esters is 1. The number of benzene rings is 4. The monoisotopic (exact) mass is 489 g/mol. The van der Waals surface area contributed by atoms with Crippen LogP contribution in [0, 0.1) is 29.8 Å². The molecule has 6 heteroatoms. The van der Waals surface area contributed by atoms with Gasteiger partial charge in [0.05, 0.1) is 16.5 Å². The first-order valence-electron chi connectivity index (χ1n) is 10.6. The lowest BCUT2D eigenvalue weighted by Crippen LogP contribution is -2.28. The molecule has 0 spiro atoms. The molecule has 0 amide bonds. The van der Waals surface area contributed by atoms with Gasteiger partial charge < -0.3 is 4.74 Å². The Hall–Kier alpha value is -3.95. The summed E-state index contributed by atoms with van der Waals surface area (Å²) >= 11 is 0. The van der Waals surface area contributed by atoms with Crippen LogP contribution < -0.4 is 0 Å². The number of halogens is 3. The number of hydrogen-bond donors (Lipinski definition) is 0. The molecule has 2 nitrogen and oxygen atoms in total. The van der Waals surface area contributed by atoms with E-state index < -0.39 is 39.9 Å². The average Bonchev–Trinajstić information content (AvgIpc) is 2.88. The standard InChI is InChI=1S/C29H20F3O2S/c1-3-29(2,21-18-25(30)27(32)26(31)19-21)34-28(33)20-14-16-24(17-15-20)35(22-10-6-4-7-11-22)23-12-8-5-9-13-23/h1,4-19H,2H3/q+1. The molecule has 0 bridgehead atoms. The Kier molecular flexibility index (Phi) is 6.99. The second-order valence-corrected chi connectivity index (χ2v) is 9.80. The zero-order valence-electron chi connectivity index (χ0n) is 18.7. The normalized spacial score (nSPS) is 12.6. The van der Waals surface area contributed by atoms with Crippen molar-refractivity contribution in [2.45, 2.75) is 27.2 Å². The van der Waals surface area contributed by atoms with E-state index in [1.165, 1.54) is 6.92 Å². The van der Waals surface area contributed by atoms with Crippen molar-refractivity contribution in [3.05, 3.63) is 126 Å². The first-order valence-corrected chi connectivity index (χ1v) is 11.9. The molecule has 4 aromatic carbocycles. The van der Waals surface area contributed by atoms with Gasteiger partial charge in [-0.1, -0.05) is 42.3 Å². The van der Waals surface area contributed by atoms with Crippen molar-refractivity contribution < 1.29 is 22.7 Å². The Morgan fingerprint density at radius 2 is 1.26 bits per heavy atom. The van der Waals surface area contributed by atoms with Crippen LogP contribution in [0.5, 0.6) is 0 Å². The Bertz CT molecular complexity index is 1320. The number of hydrogen-bond acceptors (Lipinski definition) is 2. The smallest absolute Gasteiger partial charge is 0.339 e. The van der Waals surface area contributed by atoms with Crippen molar-refractivity contribution in [3.8, 4) is 12.3 Å². The highest BCUT2D eigenvalue weighted by Crippen LogP contribution is 2.32. The lowest BCUT2D eigenvalue weighted by atomic mass is 9.96. The molecule has 174 valence electrons. The Labute approximate surface area is 204 Å². The molecule has 1 unspecified atom stereocenters. The predicted molar refractivity (Wildman–Crippen MR) is 129 cm³/mol. The van der Waals surface area contributed by atoms with Crippen LogP contribution in [0.15, 0.2) is 112 Å². The van der Waals surface area contributed by atoms with Crippen LogP contribution in [0.25, 0.3) is 0 Å². The highest BCUT2D eigenvalue weighted by Gasteiger charge is 2.33. The largest absolute Gasteiger partial charge is 0.438 e. The molecular formula is C29H20F3O2S+. The van der Waals surface area contributed by atoms with Crippen LogP contribution in [0.2, 0.25) is 0 Å². The van der Waals surface area contributed by atoms with E-state index in [4.69, 9.17) is 11.2 Å². The molecule has 4 aromatic rings. The first kappa shape index (κ1) is 24.2. The minimum atomic E-state index is -1.80. The Morgan fingerprint density at radius 1 is 0.800 bits per heavy atom. The summed E-state index contributed by atoms with van der Waals surface area (Å²) in [6.07, 6.45) is 5.53. The maximum absolute atomic E-state index is 13.7. The van der Waals surface area contributed by atoms with Crippen molar-refractivity contribution >= 4 is 16.9 Å². The fourth-order valence-electron chi connectivity index (χ4n) is 3.50. The summed E-state index contributed by atoms with van der Waals surface area (Å²) in [5, 5.41) is 0. The second-order valence-electron chi connectivity index (χ2n) is 7.78. The quantitative estimate of drug-likeness (QED) is 0.127. The van der Waals surface area contributed by atoms with E-state index in [2.05, 4.69) is 30.2 Å². The minimum absolute atomic E-state index is 0.184. The number of terminal acetylenes is 1.